The maximum Gasteiger partial charge on any atom is 0.302 e. The normalized spacial score (nSPS) is 13.2. The lowest BCUT2D eigenvalue weighted by Gasteiger charge is -2.17. The molecule has 0 aliphatic carbocycles. The first kappa shape index (κ1) is 10.4. The Kier molecular flexibility index (Phi) is 4.86. The summed E-state index contributed by atoms with van der Waals surface area (Å²) in [5.74, 6) is 0.530. The SMILES string of the molecule is CC(=O)OC[C@H](CN)C(C)C. The number of hydrogen-bond donors (Lipinski definition) is 1. The molecule has 2 N–H and O–H groups in total. The lowest BCUT2D eigenvalue weighted by Crippen LogP contribution is -2.25. The van der Waals surface area contributed by atoms with Crippen LogP contribution in [0.2, 0.25) is 0 Å². The first-order valence-corrected chi connectivity index (χ1v) is 3.91. The smallest absolute Gasteiger partial charge is 0.302 e. The molecule has 3 heteroatoms. The summed E-state index contributed by atoms with van der Waals surface area (Å²) in [6.07, 6.45) is 0. The molecule has 66 valence electrons. The first-order valence-electron chi connectivity index (χ1n) is 3.91. The second kappa shape index (κ2) is 5.13. The molecular formula is C8H17NO2. The van der Waals surface area contributed by atoms with Crippen LogP contribution in [-0.2, 0) is 9.53 Å². The van der Waals surface area contributed by atoms with E-state index in [9.17, 15) is 4.79 Å². The highest BCUT2D eigenvalue weighted by atomic mass is 16.5. The Labute approximate surface area is 67.9 Å². The number of nitrogens with two attached hydrogens (primary N) is 1. The van der Waals surface area contributed by atoms with E-state index in [4.69, 9.17) is 10.5 Å². The summed E-state index contributed by atoms with van der Waals surface area (Å²) in [6.45, 7) is 6.57. The molecule has 0 unspecified atom stereocenters. The van der Waals surface area contributed by atoms with Crippen LogP contribution in [0.3, 0.4) is 0 Å². The summed E-state index contributed by atoms with van der Waals surface area (Å²) in [4.78, 5) is 10.4. The van der Waals surface area contributed by atoms with Gasteiger partial charge in [0.25, 0.3) is 0 Å². The fourth-order valence-corrected chi connectivity index (χ4v) is 0.757. The molecular weight excluding hydrogens is 142 g/mol. The Hall–Kier alpha value is -0.570. The fraction of sp³-hybridized carbons (Fsp3) is 0.875. The molecule has 11 heavy (non-hydrogen) atoms. The van der Waals surface area contributed by atoms with Crippen molar-refractivity contribution in [3.05, 3.63) is 0 Å². The largest absolute Gasteiger partial charge is 0.466 e. The lowest BCUT2D eigenvalue weighted by molar-refractivity contribution is -0.142. The van der Waals surface area contributed by atoms with Crippen molar-refractivity contribution in [2.45, 2.75) is 20.8 Å². The zero-order chi connectivity index (χ0) is 8.85. The lowest BCUT2D eigenvalue weighted by atomic mass is 9.97. The molecule has 3 nitrogen and oxygen atoms in total. The number of hydrogen-bond acceptors (Lipinski definition) is 3. The van der Waals surface area contributed by atoms with Crippen LogP contribution in [0, 0.1) is 11.8 Å². The summed E-state index contributed by atoms with van der Waals surface area (Å²) in [7, 11) is 0. The van der Waals surface area contributed by atoms with Crippen LogP contribution in [-0.4, -0.2) is 19.1 Å². The predicted octanol–water partition coefficient (Wildman–Crippen LogP) is 0.780. The second-order valence-corrected chi connectivity index (χ2v) is 3.04. The van der Waals surface area contributed by atoms with Gasteiger partial charge in [-0.05, 0) is 12.5 Å². The highest BCUT2D eigenvalue weighted by Gasteiger charge is 2.12. The molecule has 0 spiro atoms. The highest BCUT2D eigenvalue weighted by molar-refractivity contribution is 5.65. The van der Waals surface area contributed by atoms with Crippen LogP contribution in [0.25, 0.3) is 0 Å². The number of carbonyl (C=O) groups is 1. The quantitative estimate of drug-likeness (QED) is 0.617. The van der Waals surface area contributed by atoms with Gasteiger partial charge < -0.3 is 10.5 Å². The molecule has 0 aromatic rings. The fourth-order valence-electron chi connectivity index (χ4n) is 0.757. The van der Waals surface area contributed by atoms with Crippen molar-refractivity contribution in [3.8, 4) is 0 Å². The van der Waals surface area contributed by atoms with Crippen molar-refractivity contribution >= 4 is 5.97 Å². The van der Waals surface area contributed by atoms with Crippen molar-refractivity contribution in [2.24, 2.45) is 17.6 Å². The zero-order valence-corrected chi connectivity index (χ0v) is 7.46. The third-order valence-corrected chi connectivity index (χ3v) is 1.75. The summed E-state index contributed by atoms with van der Waals surface area (Å²) in [5.41, 5.74) is 5.47. The molecule has 0 aromatic heterocycles. The summed E-state index contributed by atoms with van der Waals surface area (Å²) < 4.78 is 4.84. The van der Waals surface area contributed by atoms with Gasteiger partial charge in [0.2, 0.25) is 0 Å². The third-order valence-electron chi connectivity index (χ3n) is 1.75. The van der Waals surface area contributed by atoms with Crippen molar-refractivity contribution in [1.82, 2.24) is 0 Å². The monoisotopic (exact) mass is 159 g/mol. The molecule has 0 saturated carbocycles. The van der Waals surface area contributed by atoms with Crippen molar-refractivity contribution in [2.75, 3.05) is 13.2 Å². The molecule has 0 aliphatic rings. The van der Waals surface area contributed by atoms with Gasteiger partial charge in [0.05, 0.1) is 6.61 Å². The molecule has 0 aromatic carbocycles. The van der Waals surface area contributed by atoms with Crippen molar-refractivity contribution in [3.63, 3.8) is 0 Å². The van der Waals surface area contributed by atoms with E-state index in [0.29, 0.717) is 25.0 Å². The number of ether oxygens (including phenoxy) is 1. The molecule has 0 bridgehead atoms. The van der Waals surface area contributed by atoms with Gasteiger partial charge in [-0.25, -0.2) is 0 Å². The Morgan fingerprint density at radius 1 is 1.55 bits per heavy atom. The van der Waals surface area contributed by atoms with Crippen LogP contribution in [0.1, 0.15) is 20.8 Å². The molecule has 0 fully saturated rings. The van der Waals surface area contributed by atoms with Gasteiger partial charge in [-0.2, -0.15) is 0 Å². The number of carbonyl (C=O) groups excluding carboxylic acids is 1. The van der Waals surface area contributed by atoms with Crippen molar-refractivity contribution in [1.29, 1.82) is 0 Å². The van der Waals surface area contributed by atoms with Gasteiger partial charge in [-0.3, -0.25) is 4.79 Å². The summed E-state index contributed by atoms with van der Waals surface area (Å²) in [5, 5.41) is 0. The summed E-state index contributed by atoms with van der Waals surface area (Å²) in [6, 6.07) is 0. The van der Waals surface area contributed by atoms with E-state index in [1.165, 1.54) is 6.92 Å². The maximum atomic E-state index is 10.4. The average molecular weight is 159 g/mol. The van der Waals surface area contributed by atoms with E-state index in [1.54, 1.807) is 0 Å². The minimum absolute atomic E-state index is 0.232. The predicted molar refractivity (Wildman–Crippen MR) is 44.0 cm³/mol. The molecule has 0 aliphatic heterocycles. The molecule has 1 atom stereocenters. The van der Waals surface area contributed by atoms with Crippen LogP contribution >= 0.6 is 0 Å². The van der Waals surface area contributed by atoms with Gasteiger partial charge in [0.15, 0.2) is 0 Å². The van der Waals surface area contributed by atoms with Gasteiger partial charge in [0, 0.05) is 12.8 Å². The number of esters is 1. The Morgan fingerprint density at radius 2 is 2.09 bits per heavy atom. The molecule has 0 saturated heterocycles. The Bertz CT molecular complexity index is 123. The maximum absolute atomic E-state index is 10.4. The van der Waals surface area contributed by atoms with Gasteiger partial charge in [0.1, 0.15) is 0 Å². The van der Waals surface area contributed by atoms with Crippen LogP contribution in [0.5, 0.6) is 0 Å². The molecule has 0 heterocycles. The number of rotatable bonds is 4. The zero-order valence-electron chi connectivity index (χ0n) is 7.46. The van der Waals surface area contributed by atoms with Gasteiger partial charge in [-0.15, -0.1) is 0 Å². The minimum Gasteiger partial charge on any atom is -0.466 e. The molecule has 0 radical (unpaired) electrons. The van der Waals surface area contributed by atoms with Gasteiger partial charge in [-0.1, -0.05) is 13.8 Å². The first-order chi connectivity index (χ1) is 5.07. The topological polar surface area (TPSA) is 52.3 Å². The van der Waals surface area contributed by atoms with E-state index in [2.05, 4.69) is 13.8 Å². The Morgan fingerprint density at radius 3 is 2.36 bits per heavy atom. The highest BCUT2D eigenvalue weighted by Crippen LogP contribution is 2.08. The van der Waals surface area contributed by atoms with E-state index in [0.717, 1.165) is 0 Å². The average Bonchev–Trinajstić information content (AvgIpc) is 1.87. The Balaban J connectivity index is 3.61. The van der Waals surface area contributed by atoms with E-state index in [-0.39, 0.29) is 5.97 Å². The standard InChI is InChI=1S/C8H17NO2/c1-6(2)8(4-9)5-11-7(3)10/h6,8H,4-5,9H2,1-3H3/t8-/m0/s1. The van der Waals surface area contributed by atoms with Crippen LogP contribution in [0.4, 0.5) is 0 Å². The van der Waals surface area contributed by atoms with Gasteiger partial charge >= 0.3 is 5.97 Å². The molecule has 0 rings (SSSR count). The van der Waals surface area contributed by atoms with E-state index < -0.39 is 0 Å². The van der Waals surface area contributed by atoms with Crippen LogP contribution < -0.4 is 5.73 Å². The van der Waals surface area contributed by atoms with Crippen LogP contribution in [0.15, 0.2) is 0 Å². The van der Waals surface area contributed by atoms with Crippen molar-refractivity contribution < 1.29 is 9.53 Å². The summed E-state index contributed by atoms with van der Waals surface area (Å²) >= 11 is 0. The molecule has 0 amide bonds. The second-order valence-electron chi connectivity index (χ2n) is 3.04. The van der Waals surface area contributed by atoms with E-state index in [1.807, 2.05) is 0 Å². The minimum atomic E-state index is -0.232. The third kappa shape index (κ3) is 4.79. The van der Waals surface area contributed by atoms with E-state index >= 15 is 0 Å².